The number of carbonyl (C=O) groups is 1. The maximum absolute atomic E-state index is 14.5. The molecule has 7 nitrogen and oxygen atoms in total. The van der Waals surface area contributed by atoms with Gasteiger partial charge in [-0.3, -0.25) is 9.46 Å². The summed E-state index contributed by atoms with van der Waals surface area (Å²) in [7, 11) is -3.15. The largest absolute Gasteiger partial charge is 0.442 e. The second-order valence-electron chi connectivity index (χ2n) is 6.19. The number of thiocarbonyl (C=S) groups is 1. The number of hydrogen-bond donors (Lipinski definition) is 1. The van der Waals surface area contributed by atoms with Crippen molar-refractivity contribution in [3.8, 4) is 0 Å². The number of halogens is 1. The highest BCUT2D eigenvalue weighted by atomic mass is 32.2. The monoisotopic (exact) mass is 464 g/mol. The Hall–Kier alpha value is -1.19. The van der Waals surface area contributed by atoms with E-state index in [1.807, 2.05) is 0 Å². The number of thioether (sulfide) groups is 1. The number of nitrogens with one attached hydrogen (secondary N) is 1. The summed E-state index contributed by atoms with van der Waals surface area (Å²) in [5, 5.41) is 2.96. The van der Waals surface area contributed by atoms with Crippen molar-refractivity contribution in [3.63, 3.8) is 0 Å². The topological polar surface area (TPSA) is 77.1 Å². The average Bonchev–Trinajstić information content (AvgIpc) is 3.02. The van der Waals surface area contributed by atoms with Gasteiger partial charge < -0.3 is 19.1 Å². The summed E-state index contributed by atoms with van der Waals surface area (Å²) in [6.45, 7) is 6.54. The smallest absolute Gasteiger partial charge is 0.414 e. The molecule has 29 heavy (non-hydrogen) atoms. The van der Waals surface area contributed by atoms with Crippen LogP contribution in [0.5, 0.6) is 0 Å². The predicted octanol–water partition coefficient (Wildman–Crippen LogP) is 4.45. The molecule has 1 aliphatic heterocycles. The van der Waals surface area contributed by atoms with Crippen LogP contribution < -0.4 is 10.2 Å². The average molecular weight is 465 g/mol. The molecule has 0 radical (unpaired) electrons. The maximum atomic E-state index is 14.5. The Morgan fingerprint density at radius 3 is 2.69 bits per heavy atom. The number of benzene rings is 1. The third kappa shape index (κ3) is 7.22. The molecule has 1 heterocycles. The lowest BCUT2D eigenvalue weighted by atomic mass is 10.2. The summed E-state index contributed by atoms with van der Waals surface area (Å²) in [5.41, 5.74) is 0.424. The van der Waals surface area contributed by atoms with Crippen LogP contribution in [0.2, 0.25) is 0 Å². The number of rotatable bonds is 11. The number of cyclic esters (lactones) is 1. The van der Waals surface area contributed by atoms with Crippen LogP contribution in [0.15, 0.2) is 23.1 Å². The Morgan fingerprint density at radius 2 is 2.10 bits per heavy atom. The van der Waals surface area contributed by atoms with E-state index in [4.69, 9.17) is 26.0 Å². The summed E-state index contributed by atoms with van der Waals surface area (Å²) in [6.07, 6.45) is -0.691. The van der Waals surface area contributed by atoms with E-state index >= 15 is 0 Å². The highest BCUT2D eigenvalue weighted by Gasteiger charge is 2.32. The van der Waals surface area contributed by atoms with Crippen molar-refractivity contribution in [3.05, 3.63) is 24.0 Å². The van der Waals surface area contributed by atoms with Gasteiger partial charge in [-0.1, -0.05) is 12.2 Å². The number of hydrogen-bond acceptors (Lipinski definition) is 7. The van der Waals surface area contributed by atoms with Crippen molar-refractivity contribution >= 4 is 48.3 Å². The quantitative estimate of drug-likeness (QED) is 0.293. The third-order valence-electron chi connectivity index (χ3n) is 3.95. The van der Waals surface area contributed by atoms with Crippen LogP contribution in [0.25, 0.3) is 0 Å². The molecule has 1 aromatic carbocycles. The SMILES string of the molecule is CCOP(=O)(CCSc1ccc(N2C[C@H](CNC(C)=S)OC2=O)cc1F)OCC. The van der Waals surface area contributed by atoms with Gasteiger partial charge in [0.15, 0.2) is 0 Å². The zero-order valence-corrected chi connectivity index (χ0v) is 19.2. The standard InChI is InChI=1S/C18H26FN2O5PS2/c1-4-24-27(23,25-5-2)8-9-29-17-7-6-14(10-16(17)19)21-12-15(26-18(21)22)11-20-13(3)28/h6-7,10,15H,4-5,8-9,11-12H2,1-3H3,(H,20,28)/t15-/m0/s1. The molecule has 0 aromatic heterocycles. The van der Waals surface area contributed by atoms with Gasteiger partial charge in [-0.15, -0.1) is 11.8 Å². The van der Waals surface area contributed by atoms with Crippen molar-refractivity contribution in [1.82, 2.24) is 5.32 Å². The summed E-state index contributed by atoms with van der Waals surface area (Å²) in [6, 6.07) is 4.56. The molecule has 1 aromatic rings. The van der Waals surface area contributed by atoms with E-state index in [1.165, 1.54) is 22.7 Å². The van der Waals surface area contributed by atoms with E-state index in [9.17, 15) is 13.8 Å². The molecule has 162 valence electrons. The Morgan fingerprint density at radius 1 is 1.41 bits per heavy atom. The minimum absolute atomic E-state index is 0.187. The van der Waals surface area contributed by atoms with E-state index in [-0.39, 0.29) is 25.5 Å². The highest BCUT2D eigenvalue weighted by molar-refractivity contribution is 7.99. The van der Waals surface area contributed by atoms with Gasteiger partial charge in [-0.2, -0.15) is 0 Å². The lowest BCUT2D eigenvalue weighted by Crippen LogP contribution is -2.32. The third-order valence-corrected chi connectivity index (χ3v) is 7.53. The van der Waals surface area contributed by atoms with Gasteiger partial charge in [0.2, 0.25) is 0 Å². The molecule has 1 atom stereocenters. The zero-order chi connectivity index (χ0) is 21.4. The number of anilines is 1. The normalized spacial score (nSPS) is 16.8. The molecule has 1 saturated heterocycles. The molecule has 1 fully saturated rings. The fraction of sp³-hybridized carbons (Fsp3) is 0.556. The number of amides is 1. The van der Waals surface area contributed by atoms with E-state index < -0.39 is 19.5 Å². The lowest BCUT2D eigenvalue weighted by molar-refractivity contribution is 0.143. The van der Waals surface area contributed by atoms with E-state index in [2.05, 4.69) is 5.32 Å². The van der Waals surface area contributed by atoms with Crippen molar-refractivity contribution in [2.24, 2.45) is 0 Å². The Balaban J connectivity index is 1.95. The molecule has 2 rings (SSSR count). The molecule has 0 saturated carbocycles. The van der Waals surface area contributed by atoms with Gasteiger partial charge in [0.05, 0.1) is 43.1 Å². The fourth-order valence-electron chi connectivity index (χ4n) is 2.70. The van der Waals surface area contributed by atoms with Gasteiger partial charge >= 0.3 is 13.7 Å². The first kappa shape index (κ1) is 24.1. The van der Waals surface area contributed by atoms with E-state index in [0.717, 1.165) is 0 Å². The molecule has 0 bridgehead atoms. The molecule has 1 aliphatic rings. The second-order valence-corrected chi connectivity index (χ2v) is 10.1. The summed E-state index contributed by atoms with van der Waals surface area (Å²) >= 11 is 6.17. The minimum atomic E-state index is -3.15. The van der Waals surface area contributed by atoms with Crippen molar-refractivity contribution < 1.29 is 27.5 Å². The van der Waals surface area contributed by atoms with Gasteiger partial charge in [-0.05, 0) is 39.0 Å². The van der Waals surface area contributed by atoms with Crippen LogP contribution in [0.1, 0.15) is 20.8 Å². The first-order chi connectivity index (χ1) is 13.8. The predicted molar refractivity (Wildman–Crippen MR) is 117 cm³/mol. The van der Waals surface area contributed by atoms with E-state index in [1.54, 1.807) is 32.9 Å². The fourth-order valence-corrected chi connectivity index (χ4v) is 5.74. The molecule has 0 aliphatic carbocycles. The molecular formula is C18H26FN2O5PS2. The minimum Gasteiger partial charge on any atom is -0.442 e. The van der Waals surface area contributed by atoms with Crippen LogP contribution in [0.4, 0.5) is 14.9 Å². The van der Waals surface area contributed by atoms with Crippen LogP contribution in [0.3, 0.4) is 0 Å². The summed E-state index contributed by atoms with van der Waals surface area (Å²) in [5.74, 6) is -0.0801. The first-order valence-corrected chi connectivity index (χ1v) is 12.4. The highest BCUT2D eigenvalue weighted by Crippen LogP contribution is 2.48. The van der Waals surface area contributed by atoms with Crippen LogP contribution in [0, 0.1) is 5.82 Å². The number of carbonyl (C=O) groups excluding carboxylic acids is 1. The first-order valence-electron chi connectivity index (χ1n) is 9.31. The van der Waals surface area contributed by atoms with E-state index in [0.29, 0.717) is 34.4 Å². The zero-order valence-electron chi connectivity index (χ0n) is 16.7. The number of ether oxygens (including phenoxy) is 1. The Labute approximate surface area is 180 Å². The molecule has 0 unspecified atom stereocenters. The van der Waals surface area contributed by atoms with Crippen LogP contribution in [-0.2, 0) is 18.3 Å². The van der Waals surface area contributed by atoms with Gasteiger partial charge in [-0.25, -0.2) is 9.18 Å². The summed E-state index contributed by atoms with van der Waals surface area (Å²) < 4.78 is 42.7. The van der Waals surface area contributed by atoms with Crippen LogP contribution in [-0.4, -0.2) is 55.4 Å². The number of nitrogens with zero attached hydrogens (tertiary/aromatic N) is 1. The molecular weight excluding hydrogens is 438 g/mol. The lowest BCUT2D eigenvalue weighted by Gasteiger charge is -2.17. The summed E-state index contributed by atoms with van der Waals surface area (Å²) in [4.78, 5) is 14.5. The Bertz CT molecular complexity index is 773. The van der Waals surface area contributed by atoms with Crippen molar-refractivity contribution in [2.75, 3.05) is 43.1 Å². The van der Waals surface area contributed by atoms with Crippen molar-refractivity contribution in [1.29, 1.82) is 0 Å². The van der Waals surface area contributed by atoms with Gasteiger partial charge in [0, 0.05) is 10.6 Å². The van der Waals surface area contributed by atoms with Crippen molar-refractivity contribution in [2.45, 2.75) is 31.8 Å². The molecule has 1 N–H and O–H groups in total. The molecule has 11 heteroatoms. The van der Waals surface area contributed by atoms with Crippen LogP contribution >= 0.6 is 31.6 Å². The van der Waals surface area contributed by atoms with Gasteiger partial charge in [0.25, 0.3) is 0 Å². The second kappa shape index (κ2) is 11.3. The maximum Gasteiger partial charge on any atom is 0.414 e. The Kier molecular flexibility index (Phi) is 9.36. The van der Waals surface area contributed by atoms with Gasteiger partial charge in [0.1, 0.15) is 11.9 Å². The molecule has 0 spiro atoms. The molecule has 1 amide bonds.